The third-order valence-corrected chi connectivity index (χ3v) is 9.34. The van der Waals surface area contributed by atoms with Gasteiger partial charge in [0.1, 0.15) is 0 Å². The van der Waals surface area contributed by atoms with Crippen LogP contribution < -0.4 is 10.0 Å². The van der Waals surface area contributed by atoms with Gasteiger partial charge in [0.05, 0.1) is 11.5 Å². The van der Waals surface area contributed by atoms with E-state index in [9.17, 15) is 32.7 Å². The van der Waals surface area contributed by atoms with E-state index >= 15 is 0 Å². The molecule has 3 aromatic rings. The Balaban J connectivity index is 1.49. The first kappa shape index (κ1) is 34.1. The summed E-state index contributed by atoms with van der Waals surface area (Å²) in [5.74, 6) is -2.90. The molecule has 0 unspecified atom stereocenters. The molecule has 0 spiro atoms. The number of aromatic nitrogens is 1. The molecular weight excluding hydrogens is 612 g/mol. The number of hydrogen-bond acceptors (Lipinski definition) is 8. The summed E-state index contributed by atoms with van der Waals surface area (Å²) in [6, 6.07) is 16.2. The first-order chi connectivity index (χ1) is 22.0. The monoisotopic (exact) mass is 650 g/mol. The summed E-state index contributed by atoms with van der Waals surface area (Å²) in [4.78, 5) is 56.4. The summed E-state index contributed by atoms with van der Waals surface area (Å²) in [6.45, 7) is 4.03. The third-order valence-electron chi connectivity index (χ3n) is 7.97. The lowest BCUT2D eigenvalue weighted by atomic mass is 9.93. The number of nitrogens with zero attached hydrogens (tertiary/aromatic N) is 2. The van der Waals surface area contributed by atoms with Crippen LogP contribution in [0.25, 0.3) is 11.1 Å². The Labute approximate surface area is 268 Å². The van der Waals surface area contributed by atoms with Crippen molar-refractivity contribution in [2.75, 3.05) is 13.2 Å². The fourth-order valence-corrected chi connectivity index (χ4v) is 6.55. The first-order valence-electron chi connectivity index (χ1n) is 15.2. The number of pyridine rings is 1. The molecule has 1 fully saturated rings. The highest BCUT2D eigenvalue weighted by Gasteiger charge is 2.52. The lowest BCUT2D eigenvalue weighted by Gasteiger charge is -2.36. The quantitative estimate of drug-likeness (QED) is 0.227. The van der Waals surface area contributed by atoms with Crippen LogP contribution in [0.3, 0.4) is 0 Å². The summed E-state index contributed by atoms with van der Waals surface area (Å²) < 4.78 is 33.0. The van der Waals surface area contributed by atoms with E-state index in [1.165, 1.54) is 35.5 Å². The molecule has 12 nitrogen and oxygen atoms in total. The van der Waals surface area contributed by atoms with Crippen LogP contribution in [0.1, 0.15) is 61.9 Å². The van der Waals surface area contributed by atoms with Crippen molar-refractivity contribution in [2.24, 2.45) is 5.92 Å². The van der Waals surface area contributed by atoms with Crippen molar-refractivity contribution in [2.45, 2.75) is 62.9 Å². The summed E-state index contributed by atoms with van der Waals surface area (Å²) in [5.41, 5.74) is 0.115. The molecule has 0 saturated carbocycles. The van der Waals surface area contributed by atoms with Gasteiger partial charge in [0.15, 0.2) is 0 Å². The Bertz CT molecular complexity index is 1660. The summed E-state index contributed by atoms with van der Waals surface area (Å²) in [5, 5.41) is 12.9. The van der Waals surface area contributed by atoms with Crippen LogP contribution in [-0.4, -0.2) is 66.1 Å². The number of likely N-dealkylation sites (tertiary alicyclic amines) is 1. The van der Waals surface area contributed by atoms with E-state index in [0.717, 1.165) is 12.0 Å². The van der Waals surface area contributed by atoms with Gasteiger partial charge in [-0.2, -0.15) is 0 Å². The van der Waals surface area contributed by atoms with Crippen LogP contribution in [0.2, 0.25) is 0 Å². The average molecular weight is 651 g/mol. The molecular formula is C33H38N4O8S. The smallest absolute Gasteiger partial charge is 0.421 e. The normalized spacial score (nSPS) is 16.8. The molecule has 244 valence electrons. The number of carbonyl (C=O) groups excluding carboxylic acids is 3. The van der Waals surface area contributed by atoms with Crippen LogP contribution in [0, 0.1) is 5.92 Å². The Morgan fingerprint density at radius 3 is 2.37 bits per heavy atom. The van der Waals surface area contributed by atoms with Gasteiger partial charge in [0, 0.05) is 42.4 Å². The van der Waals surface area contributed by atoms with E-state index < -0.39 is 45.5 Å². The van der Waals surface area contributed by atoms with Crippen LogP contribution in [-0.2, 0) is 30.8 Å². The van der Waals surface area contributed by atoms with Crippen molar-refractivity contribution in [3.8, 4) is 11.1 Å². The van der Waals surface area contributed by atoms with Crippen molar-refractivity contribution in [1.82, 2.24) is 19.9 Å². The number of ether oxygens (including phenoxy) is 1. The second kappa shape index (κ2) is 15.0. The molecule has 1 saturated heterocycles. The van der Waals surface area contributed by atoms with E-state index in [1.807, 2.05) is 18.6 Å². The molecule has 1 aromatic heterocycles. The number of rotatable bonds is 13. The van der Waals surface area contributed by atoms with Gasteiger partial charge in [0.2, 0.25) is 11.6 Å². The molecule has 2 heterocycles. The van der Waals surface area contributed by atoms with Gasteiger partial charge < -0.3 is 20.1 Å². The molecule has 0 bridgehead atoms. The van der Waals surface area contributed by atoms with Crippen LogP contribution >= 0.6 is 0 Å². The number of nitrogens with one attached hydrogen (secondary N) is 2. The predicted octanol–water partition coefficient (Wildman–Crippen LogP) is 4.37. The zero-order valence-electron chi connectivity index (χ0n) is 25.8. The fraction of sp³-hybridized carbons (Fsp3) is 0.364. The van der Waals surface area contributed by atoms with Crippen molar-refractivity contribution < 1.29 is 37.4 Å². The van der Waals surface area contributed by atoms with E-state index in [2.05, 4.69) is 10.3 Å². The number of carboxylic acid groups (broad SMARTS) is 1. The maximum atomic E-state index is 13.5. The number of hydrogen-bond donors (Lipinski definition) is 3. The maximum Gasteiger partial charge on any atom is 0.421 e. The van der Waals surface area contributed by atoms with Crippen molar-refractivity contribution in [1.29, 1.82) is 0 Å². The zero-order valence-corrected chi connectivity index (χ0v) is 26.6. The lowest BCUT2D eigenvalue weighted by Crippen LogP contribution is -2.64. The van der Waals surface area contributed by atoms with Gasteiger partial charge in [-0.25, -0.2) is 22.7 Å². The van der Waals surface area contributed by atoms with E-state index in [-0.39, 0.29) is 36.5 Å². The molecule has 0 aliphatic carbocycles. The van der Waals surface area contributed by atoms with Gasteiger partial charge in [-0.1, -0.05) is 62.7 Å². The standard InChI is InChI=1S/C33H38N4O8S/c1-3-5-21-45-32(42)36-46(43,44)28-10-7-6-9-27(28)25-13-11-23(12-14-25)22-24(4-2)29(38)35-33(31(40)41)17-8-20-37(33)30(39)26-15-18-34-19-16-26/h6-7,9-16,18-19,24H,3-5,8,17,20-22H2,1-2H3,(H,35,38)(H,36,42)(H,40,41)/t24-,33-/m0/s1. The minimum absolute atomic E-state index is 0.0731. The molecule has 3 N–H and O–H groups in total. The Hall–Kier alpha value is -4.78. The largest absolute Gasteiger partial charge is 0.478 e. The number of carboxylic acids is 1. The van der Waals surface area contributed by atoms with Crippen molar-refractivity contribution in [3.63, 3.8) is 0 Å². The number of amides is 3. The van der Waals surface area contributed by atoms with Gasteiger partial charge >= 0.3 is 12.1 Å². The Morgan fingerprint density at radius 1 is 1.02 bits per heavy atom. The summed E-state index contributed by atoms with van der Waals surface area (Å²) in [7, 11) is -4.23. The third kappa shape index (κ3) is 7.71. The minimum Gasteiger partial charge on any atom is -0.478 e. The topological polar surface area (TPSA) is 172 Å². The Kier molecular flexibility index (Phi) is 11.1. The Morgan fingerprint density at radius 2 is 1.72 bits per heavy atom. The fourth-order valence-electron chi connectivity index (χ4n) is 5.43. The second-order valence-corrected chi connectivity index (χ2v) is 12.7. The number of unbranched alkanes of at least 4 members (excludes halogenated alkanes) is 1. The van der Waals surface area contributed by atoms with E-state index in [1.54, 1.807) is 42.5 Å². The highest BCUT2D eigenvalue weighted by molar-refractivity contribution is 7.90. The first-order valence-corrected chi connectivity index (χ1v) is 16.7. The van der Waals surface area contributed by atoms with Crippen molar-refractivity contribution >= 4 is 33.9 Å². The van der Waals surface area contributed by atoms with Gasteiger partial charge in [-0.3, -0.25) is 14.6 Å². The summed E-state index contributed by atoms with van der Waals surface area (Å²) in [6.07, 6.45) is 4.42. The lowest BCUT2D eigenvalue weighted by molar-refractivity contribution is -0.154. The molecule has 3 amide bonds. The highest BCUT2D eigenvalue weighted by atomic mass is 32.2. The molecule has 1 aliphatic rings. The number of benzene rings is 2. The predicted molar refractivity (Wildman–Crippen MR) is 169 cm³/mol. The summed E-state index contributed by atoms with van der Waals surface area (Å²) >= 11 is 0. The molecule has 2 atom stereocenters. The molecule has 4 rings (SSSR count). The van der Waals surface area contributed by atoms with Gasteiger partial charge in [0.25, 0.3) is 15.9 Å². The molecule has 13 heteroatoms. The molecule has 1 aliphatic heterocycles. The van der Waals surface area contributed by atoms with Crippen molar-refractivity contribution in [3.05, 3.63) is 84.2 Å². The SMILES string of the molecule is CCCCOC(=O)NS(=O)(=O)c1ccccc1-c1ccc(C[C@H](CC)C(=O)N[C@@]2(C(=O)O)CCCN2C(=O)c2ccncc2)cc1. The van der Waals surface area contributed by atoms with Crippen LogP contribution in [0.4, 0.5) is 4.79 Å². The van der Waals surface area contributed by atoms with Crippen LogP contribution in [0.5, 0.6) is 0 Å². The minimum atomic E-state index is -4.23. The number of carbonyl (C=O) groups is 4. The van der Waals surface area contributed by atoms with E-state index in [4.69, 9.17) is 4.74 Å². The zero-order chi connectivity index (χ0) is 33.3. The highest BCUT2D eigenvalue weighted by Crippen LogP contribution is 2.31. The maximum absolute atomic E-state index is 13.5. The molecule has 0 radical (unpaired) electrons. The average Bonchev–Trinajstić information content (AvgIpc) is 3.48. The van der Waals surface area contributed by atoms with Gasteiger partial charge in [-0.15, -0.1) is 0 Å². The molecule has 46 heavy (non-hydrogen) atoms. The van der Waals surface area contributed by atoms with Crippen LogP contribution in [0.15, 0.2) is 78.0 Å². The van der Waals surface area contributed by atoms with E-state index in [0.29, 0.717) is 30.4 Å². The second-order valence-electron chi connectivity index (χ2n) is 11.0. The number of aliphatic carboxylic acids is 1. The number of sulfonamides is 1. The molecule has 2 aromatic carbocycles. The van der Waals surface area contributed by atoms with Gasteiger partial charge in [-0.05, 0) is 55.0 Å².